The van der Waals surface area contributed by atoms with Crippen LogP contribution in [0.3, 0.4) is 0 Å². The van der Waals surface area contributed by atoms with E-state index in [-0.39, 0.29) is 12.5 Å². The Labute approximate surface area is 163 Å². The number of halogens is 3. The fourth-order valence-corrected chi connectivity index (χ4v) is 2.94. The zero-order valence-electron chi connectivity index (χ0n) is 13.1. The number of carbonyl (C=O) groups is 1. The third-order valence-corrected chi connectivity index (χ3v) is 4.47. The van der Waals surface area contributed by atoms with Crippen LogP contribution in [0.25, 0.3) is 0 Å². The van der Waals surface area contributed by atoms with Gasteiger partial charge in [-0.15, -0.1) is 5.10 Å². The molecule has 1 aliphatic heterocycles. The number of hydrazone groups is 1. The van der Waals surface area contributed by atoms with Crippen molar-refractivity contribution in [2.75, 3.05) is 6.61 Å². The van der Waals surface area contributed by atoms with Gasteiger partial charge in [-0.1, -0.05) is 39.1 Å². The van der Waals surface area contributed by atoms with Gasteiger partial charge >= 0.3 is 0 Å². The number of benzene rings is 2. The first-order chi connectivity index (χ1) is 11.9. The van der Waals surface area contributed by atoms with Gasteiger partial charge in [0.2, 0.25) is 18.0 Å². The lowest BCUT2D eigenvalue weighted by molar-refractivity contribution is -0.136. The van der Waals surface area contributed by atoms with E-state index >= 15 is 0 Å². The molecule has 0 aromatic heterocycles. The minimum absolute atomic E-state index is 0.0739. The molecule has 2 aromatic rings. The van der Waals surface area contributed by atoms with E-state index in [1.165, 1.54) is 11.9 Å². The average molecular weight is 444 g/mol. The van der Waals surface area contributed by atoms with Crippen LogP contribution in [0.5, 0.6) is 5.75 Å². The van der Waals surface area contributed by atoms with Gasteiger partial charge in [-0.05, 0) is 42.5 Å². The third kappa shape index (κ3) is 4.26. The number of carbonyl (C=O) groups excluding carboxylic acids is 1. The molecule has 8 heteroatoms. The molecule has 1 amide bonds. The fraction of sp³-hybridized carbons (Fsp3) is 0.176. The Bertz CT molecular complexity index is 827. The van der Waals surface area contributed by atoms with Gasteiger partial charge in [-0.2, -0.15) is 5.01 Å². The second kappa shape index (κ2) is 7.64. The number of hydrogen-bond donors (Lipinski definition) is 0. The third-order valence-electron chi connectivity index (χ3n) is 3.41. The highest BCUT2D eigenvalue weighted by Gasteiger charge is 2.32. The van der Waals surface area contributed by atoms with Crippen molar-refractivity contribution in [2.45, 2.75) is 13.2 Å². The molecule has 1 atom stereocenters. The fourth-order valence-electron chi connectivity index (χ4n) is 2.21. The molecule has 0 spiro atoms. The topological polar surface area (TPSA) is 51.1 Å². The monoisotopic (exact) mass is 442 g/mol. The largest absolute Gasteiger partial charge is 0.486 e. The van der Waals surface area contributed by atoms with Crippen LogP contribution in [0.15, 0.2) is 52.0 Å². The Morgan fingerprint density at radius 1 is 1.28 bits per heavy atom. The maximum Gasteiger partial charge on any atom is 0.243 e. The van der Waals surface area contributed by atoms with Gasteiger partial charge in [-0.25, -0.2) is 0 Å². The zero-order valence-corrected chi connectivity index (χ0v) is 16.2. The number of rotatable bonds is 4. The van der Waals surface area contributed by atoms with Crippen molar-refractivity contribution in [3.63, 3.8) is 0 Å². The Morgan fingerprint density at radius 2 is 2.00 bits per heavy atom. The quantitative estimate of drug-likeness (QED) is 0.687. The van der Waals surface area contributed by atoms with Crippen LogP contribution < -0.4 is 4.74 Å². The summed E-state index contributed by atoms with van der Waals surface area (Å²) in [7, 11) is 0. The van der Waals surface area contributed by atoms with Crippen LogP contribution in [0.1, 0.15) is 12.5 Å². The first-order valence-corrected chi connectivity index (χ1v) is 8.88. The van der Waals surface area contributed by atoms with Gasteiger partial charge in [0.1, 0.15) is 12.4 Å². The van der Waals surface area contributed by atoms with Crippen LogP contribution in [0, 0.1) is 0 Å². The molecule has 130 valence electrons. The summed E-state index contributed by atoms with van der Waals surface area (Å²) in [4.78, 5) is 11.8. The van der Waals surface area contributed by atoms with Gasteiger partial charge in [0.25, 0.3) is 0 Å². The predicted molar refractivity (Wildman–Crippen MR) is 100 cm³/mol. The van der Waals surface area contributed by atoms with Crippen molar-refractivity contribution in [3.8, 4) is 5.75 Å². The second-order valence-electron chi connectivity index (χ2n) is 5.23. The van der Waals surface area contributed by atoms with E-state index in [0.29, 0.717) is 21.7 Å². The minimum Gasteiger partial charge on any atom is -0.486 e. The second-order valence-corrected chi connectivity index (χ2v) is 6.99. The lowest BCUT2D eigenvalue weighted by atomic mass is 10.2. The molecule has 0 saturated heterocycles. The first-order valence-electron chi connectivity index (χ1n) is 7.33. The molecule has 0 aliphatic carbocycles. The number of amides is 1. The zero-order chi connectivity index (χ0) is 18.0. The predicted octanol–water partition coefficient (Wildman–Crippen LogP) is 4.70. The van der Waals surface area contributed by atoms with E-state index in [9.17, 15) is 4.79 Å². The molecule has 0 radical (unpaired) electrons. The van der Waals surface area contributed by atoms with Crippen molar-refractivity contribution in [1.29, 1.82) is 0 Å². The molecule has 1 heterocycles. The molecular weight excluding hydrogens is 431 g/mol. The summed E-state index contributed by atoms with van der Waals surface area (Å²) >= 11 is 15.3. The molecule has 0 fully saturated rings. The molecule has 0 bridgehead atoms. The van der Waals surface area contributed by atoms with Crippen LogP contribution in [-0.2, 0) is 9.53 Å². The van der Waals surface area contributed by atoms with Crippen molar-refractivity contribution >= 4 is 50.9 Å². The molecule has 5 nitrogen and oxygen atoms in total. The van der Waals surface area contributed by atoms with E-state index in [1.54, 1.807) is 18.2 Å². The lowest BCUT2D eigenvalue weighted by Gasteiger charge is -2.19. The van der Waals surface area contributed by atoms with Crippen molar-refractivity contribution in [3.05, 3.63) is 62.5 Å². The molecule has 1 unspecified atom stereocenters. The van der Waals surface area contributed by atoms with Gasteiger partial charge < -0.3 is 9.47 Å². The minimum atomic E-state index is -0.678. The molecule has 1 aliphatic rings. The van der Waals surface area contributed by atoms with Gasteiger partial charge in [0.05, 0.1) is 5.02 Å². The van der Waals surface area contributed by atoms with E-state index in [1.807, 2.05) is 24.3 Å². The molecule has 0 N–H and O–H groups in total. The van der Waals surface area contributed by atoms with Crippen LogP contribution in [0.2, 0.25) is 10.0 Å². The van der Waals surface area contributed by atoms with Crippen LogP contribution in [-0.4, -0.2) is 29.6 Å². The normalized spacial score (nSPS) is 16.4. The van der Waals surface area contributed by atoms with Gasteiger partial charge in [-0.3, -0.25) is 4.79 Å². The summed E-state index contributed by atoms with van der Waals surface area (Å²) in [5.41, 5.74) is 0.765. The smallest absolute Gasteiger partial charge is 0.243 e. The number of nitrogens with zero attached hydrogens (tertiary/aromatic N) is 2. The van der Waals surface area contributed by atoms with Crippen molar-refractivity contribution < 1.29 is 14.3 Å². The summed E-state index contributed by atoms with van der Waals surface area (Å²) < 4.78 is 12.4. The van der Waals surface area contributed by atoms with E-state index < -0.39 is 6.23 Å². The van der Waals surface area contributed by atoms with Crippen molar-refractivity contribution in [2.24, 2.45) is 5.10 Å². The highest BCUT2D eigenvalue weighted by Crippen LogP contribution is 2.28. The summed E-state index contributed by atoms with van der Waals surface area (Å²) in [5, 5.41) is 6.40. The molecule has 0 saturated carbocycles. The van der Waals surface area contributed by atoms with E-state index in [4.69, 9.17) is 32.7 Å². The van der Waals surface area contributed by atoms with Crippen LogP contribution in [0.4, 0.5) is 0 Å². The summed E-state index contributed by atoms with van der Waals surface area (Å²) in [6.07, 6.45) is -0.678. The first kappa shape index (κ1) is 18.0. The Kier molecular flexibility index (Phi) is 5.51. The highest BCUT2D eigenvalue weighted by atomic mass is 79.9. The number of ether oxygens (including phenoxy) is 2. The standard InChI is InChI=1S/C17H13BrCl2N2O3/c1-10(23)22-16(9-24-15-7-6-13(19)8-14(15)20)25-17(21-22)11-2-4-12(18)5-3-11/h2-8,16H,9H2,1H3. The Morgan fingerprint density at radius 3 is 2.64 bits per heavy atom. The molecule has 3 rings (SSSR count). The Balaban J connectivity index is 1.73. The summed E-state index contributed by atoms with van der Waals surface area (Å²) in [6.45, 7) is 1.49. The molecular formula is C17H13BrCl2N2O3. The van der Waals surface area contributed by atoms with Gasteiger partial charge in [0.15, 0.2) is 0 Å². The average Bonchev–Trinajstić information content (AvgIpc) is 2.99. The van der Waals surface area contributed by atoms with Gasteiger partial charge in [0, 0.05) is 22.0 Å². The maximum absolute atomic E-state index is 11.8. The lowest BCUT2D eigenvalue weighted by Crippen LogP contribution is -2.36. The molecule has 2 aromatic carbocycles. The highest BCUT2D eigenvalue weighted by molar-refractivity contribution is 9.10. The number of hydrogen-bond acceptors (Lipinski definition) is 4. The molecule has 25 heavy (non-hydrogen) atoms. The Hall–Kier alpha value is -1.76. The SMILES string of the molecule is CC(=O)N1N=C(c2ccc(Br)cc2)OC1COc1ccc(Cl)cc1Cl. The van der Waals surface area contributed by atoms with E-state index in [0.717, 1.165) is 10.0 Å². The van der Waals surface area contributed by atoms with E-state index in [2.05, 4.69) is 21.0 Å². The van der Waals surface area contributed by atoms with Crippen LogP contribution >= 0.6 is 39.1 Å². The van der Waals surface area contributed by atoms with Crippen molar-refractivity contribution in [1.82, 2.24) is 5.01 Å². The summed E-state index contributed by atoms with van der Waals surface area (Å²) in [6, 6.07) is 12.4. The maximum atomic E-state index is 11.8. The summed E-state index contributed by atoms with van der Waals surface area (Å²) in [5.74, 6) is 0.566.